The summed E-state index contributed by atoms with van der Waals surface area (Å²) in [7, 11) is 3.86. The first-order valence-electron chi connectivity index (χ1n) is 4.48. The van der Waals surface area contributed by atoms with Gasteiger partial charge in [0.15, 0.2) is 0 Å². The quantitative estimate of drug-likeness (QED) is 0.372. The molecule has 14 heavy (non-hydrogen) atoms. The van der Waals surface area contributed by atoms with Gasteiger partial charge in [0.05, 0.1) is 0 Å². The molecule has 1 N–H and O–H groups in total. The third kappa shape index (κ3) is 5.32. The zero-order valence-electron chi connectivity index (χ0n) is 8.92. The van der Waals surface area contributed by atoms with Crippen molar-refractivity contribution in [3.05, 3.63) is 36.6 Å². The lowest BCUT2D eigenvalue weighted by molar-refractivity contribution is -0.104. The highest BCUT2D eigenvalue weighted by atomic mass is 16.1. The van der Waals surface area contributed by atoms with Crippen LogP contribution in [-0.2, 0) is 4.79 Å². The van der Waals surface area contributed by atoms with Crippen LogP contribution in [0.3, 0.4) is 0 Å². The third-order valence-corrected chi connectivity index (χ3v) is 1.83. The highest BCUT2D eigenvalue weighted by Gasteiger charge is 1.96. The number of likely N-dealkylation sites (N-methyl/N-ethyl adjacent to an activating group) is 2. The second-order valence-corrected chi connectivity index (χ2v) is 3.04. The summed E-state index contributed by atoms with van der Waals surface area (Å²) in [4.78, 5) is 12.3. The number of carbonyl (C=O) groups excluding carboxylic acids is 1. The number of hydrogen-bond donors (Lipinski definition) is 1. The fourth-order valence-electron chi connectivity index (χ4n) is 0.793. The topological polar surface area (TPSA) is 32.3 Å². The summed E-state index contributed by atoms with van der Waals surface area (Å²) in [5, 5.41) is 3.05. The van der Waals surface area contributed by atoms with Gasteiger partial charge in [0.25, 0.3) is 0 Å². The van der Waals surface area contributed by atoms with Crippen LogP contribution in [0.5, 0.6) is 0 Å². The number of carbonyl (C=O) groups is 1. The molecule has 0 spiro atoms. The Hall–Kier alpha value is -1.35. The van der Waals surface area contributed by atoms with Gasteiger partial charge in [-0.05, 0) is 13.1 Å². The van der Waals surface area contributed by atoms with Gasteiger partial charge < -0.3 is 10.2 Å². The van der Waals surface area contributed by atoms with Crippen molar-refractivity contribution in [1.82, 2.24) is 10.2 Å². The second-order valence-electron chi connectivity index (χ2n) is 3.04. The largest absolute Gasteiger partial charge is 0.374 e. The molecular weight excluding hydrogens is 176 g/mol. The van der Waals surface area contributed by atoms with Gasteiger partial charge in [0.1, 0.15) is 6.29 Å². The van der Waals surface area contributed by atoms with E-state index in [2.05, 4.69) is 18.5 Å². The molecule has 0 aliphatic rings. The van der Waals surface area contributed by atoms with Crippen molar-refractivity contribution < 1.29 is 4.79 Å². The molecule has 3 heteroatoms. The van der Waals surface area contributed by atoms with Gasteiger partial charge in [-0.15, -0.1) is 0 Å². The maximum Gasteiger partial charge on any atom is 0.149 e. The standard InChI is InChI=1S/C11H18N2O/c1-10(9-14)5-6-11(2)13(4)8-7-12-3/h5-6,9,12H,1-2,7-8H2,3-4H3. The fraction of sp³-hybridized carbons (Fsp3) is 0.364. The van der Waals surface area contributed by atoms with Gasteiger partial charge in [-0.2, -0.15) is 0 Å². The molecule has 0 fully saturated rings. The Morgan fingerprint density at radius 2 is 2.07 bits per heavy atom. The SMILES string of the molecule is C=C(C=O)C=CC(=C)N(C)CCNC. The van der Waals surface area contributed by atoms with Crippen LogP contribution < -0.4 is 5.32 Å². The van der Waals surface area contributed by atoms with Crippen molar-refractivity contribution in [3.63, 3.8) is 0 Å². The van der Waals surface area contributed by atoms with E-state index in [-0.39, 0.29) is 0 Å². The van der Waals surface area contributed by atoms with Gasteiger partial charge in [-0.1, -0.05) is 19.2 Å². The number of hydrogen-bond acceptors (Lipinski definition) is 3. The minimum atomic E-state index is 0.452. The Morgan fingerprint density at radius 1 is 1.43 bits per heavy atom. The van der Waals surface area contributed by atoms with Crippen molar-refractivity contribution in [1.29, 1.82) is 0 Å². The smallest absolute Gasteiger partial charge is 0.149 e. The van der Waals surface area contributed by atoms with E-state index in [1.165, 1.54) is 0 Å². The van der Waals surface area contributed by atoms with E-state index in [9.17, 15) is 4.79 Å². The van der Waals surface area contributed by atoms with Crippen LogP contribution in [0, 0.1) is 0 Å². The molecule has 0 rings (SSSR count). The van der Waals surface area contributed by atoms with E-state index in [4.69, 9.17) is 0 Å². The molecule has 0 aromatic rings. The average molecular weight is 194 g/mol. The van der Waals surface area contributed by atoms with Gasteiger partial charge in [0.2, 0.25) is 0 Å². The maximum atomic E-state index is 10.3. The monoisotopic (exact) mass is 194 g/mol. The minimum absolute atomic E-state index is 0.452. The van der Waals surface area contributed by atoms with E-state index in [0.29, 0.717) is 5.57 Å². The van der Waals surface area contributed by atoms with Gasteiger partial charge in [-0.3, -0.25) is 4.79 Å². The first-order chi connectivity index (χ1) is 6.61. The Balaban J connectivity index is 4.00. The Bertz CT molecular complexity index is 244. The first kappa shape index (κ1) is 12.7. The van der Waals surface area contributed by atoms with Crippen LogP contribution in [0.4, 0.5) is 0 Å². The zero-order chi connectivity index (χ0) is 11.0. The molecule has 0 saturated heterocycles. The molecule has 3 nitrogen and oxygen atoms in total. The lowest BCUT2D eigenvalue weighted by Crippen LogP contribution is -2.25. The van der Waals surface area contributed by atoms with Crippen molar-refractivity contribution in [2.75, 3.05) is 27.2 Å². The normalized spacial score (nSPS) is 10.1. The van der Waals surface area contributed by atoms with E-state index in [0.717, 1.165) is 25.1 Å². The first-order valence-corrected chi connectivity index (χ1v) is 4.48. The van der Waals surface area contributed by atoms with Gasteiger partial charge in [-0.25, -0.2) is 0 Å². The van der Waals surface area contributed by atoms with E-state index < -0.39 is 0 Å². The van der Waals surface area contributed by atoms with E-state index >= 15 is 0 Å². The molecule has 0 radical (unpaired) electrons. The highest BCUT2D eigenvalue weighted by molar-refractivity contribution is 5.76. The molecule has 0 heterocycles. The van der Waals surface area contributed by atoms with Crippen LogP contribution in [0.25, 0.3) is 0 Å². The summed E-state index contributed by atoms with van der Waals surface area (Å²) in [6, 6.07) is 0. The van der Waals surface area contributed by atoms with Crippen molar-refractivity contribution in [2.45, 2.75) is 0 Å². The maximum absolute atomic E-state index is 10.3. The minimum Gasteiger partial charge on any atom is -0.374 e. The molecule has 0 amide bonds. The Kier molecular flexibility index (Phi) is 6.41. The lowest BCUT2D eigenvalue weighted by atomic mass is 10.2. The van der Waals surface area contributed by atoms with Gasteiger partial charge in [0, 0.05) is 31.4 Å². The predicted octanol–water partition coefficient (Wildman–Crippen LogP) is 0.963. The van der Waals surface area contributed by atoms with Crippen molar-refractivity contribution >= 4 is 6.29 Å². The van der Waals surface area contributed by atoms with Crippen LogP contribution in [0.1, 0.15) is 0 Å². The van der Waals surface area contributed by atoms with Crippen molar-refractivity contribution in [2.24, 2.45) is 0 Å². The predicted molar refractivity (Wildman–Crippen MR) is 60.0 cm³/mol. The van der Waals surface area contributed by atoms with Crippen molar-refractivity contribution in [3.8, 4) is 0 Å². The average Bonchev–Trinajstić information content (AvgIpc) is 2.21. The summed E-state index contributed by atoms with van der Waals surface area (Å²) in [5.74, 6) is 0. The molecule has 0 bridgehead atoms. The summed E-state index contributed by atoms with van der Waals surface area (Å²) in [6.07, 6.45) is 4.16. The molecule has 0 unspecified atom stereocenters. The number of rotatable bonds is 7. The number of aldehydes is 1. The molecule has 0 atom stereocenters. The van der Waals surface area contributed by atoms with Crippen LogP contribution in [-0.4, -0.2) is 38.4 Å². The Morgan fingerprint density at radius 3 is 2.57 bits per heavy atom. The second kappa shape index (κ2) is 7.09. The molecular formula is C11H18N2O. The summed E-state index contributed by atoms with van der Waals surface area (Å²) < 4.78 is 0. The fourth-order valence-corrected chi connectivity index (χ4v) is 0.793. The van der Waals surface area contributed by atoms with E-state index in [1.807, 2.05) is 19.0 Å². The number of nitrogens with zero attached hydrogens (tertiary/aromatic N) is 1. The van der Waals surface area contributed by atoms with E-state index in [1.54, 1.807) is 12.2 Å². The molecule has 0 saturated carbocycles. The van der Waals surface area contributed by atoms with Crippen LogP contribution in [0.15, 0.2) is 36.6 Å². The molecule has 0 aromatic heterocycles. The zero-order valence-corrected chi connectivity index (χ0v) is 8.92. The number of allylic oxidation sites excluding steroid dienone is 3. The molecule has 0 aliphatic carbocycles. The summed E-state index contributed by atoms with van der Waals surface area (Å²) in [5.41, 5.74) is 1.32. The lowest BCUT2D eigenvalue weighted by Gasteiger charge is -2.18. The molecule has 0 aliphatic heterocycles. The molecule has 0 aromatic carbocycles. The summed E-state index contributed by atoms with van der Waals surface area (Å²) in [6.45, 7) is 9.19. The third-order valence-electron chi connectivity index (χ3n) is 1.83. The van der Waals surface area contributed by atoms with Gasteiger partial charge >= 0.3 is 0 Å². The van der Waals surface area contributed by atoms with Crippen LogP contribution >= 0.6 is 0 Å². The molecule has 78 valence electrons. The van der Waals surface area contributed by atoms with Crippen LogP contribution in [0.2, 0.25) is 0 Å². The Labute approximate surface area is 85.8 Å². The number of nitrogens with one attached hydrogen (secondary N) is 1. The summed E-state index contributed by atoms with van der Waals surface area (Å²) >= 11 is 0. The highest BCUT2D eigenvalue weighted by Crippen LogP contribution is 2.00.